The van der Waals surface area contributed by atoms with E-state index in [2.05, 4.69) is 55.5 Å². The molecule has 0 radical (unpaired) electrons. The van der Waals surface area contributed by atoms with Crippen LogP contribution in [-0.2, 0) is 15.9 Å². The van der Waals surface area contributed by atoms with Crippen LogP contribution in [0.15, 0.2) is 48.5 Å². The van der Waals surface area contributed by atoms with Crippen LogP contribution in [0.4, 0.5) is 0 Å². The maximum atomic E-state index is 6.10. The fourth-order valence-electron chi connectivity index (χ4n) is 4.82. The number of hydrogen-bond donors (Lipinski definition) is 0. The molecule has 176 valence electrons. The van der Waals surface area contributed by atoms with Crippen molar-refractivity contribution in [3.8, 4) is 11.5 Å². The molecule has 0 bridgehead atoms. The molecule has 33 heavy (non-hydrogen) atoms. The van der Waals surface area contributed by atoms with Gasteiger partial charge in [0.05, 0.1) is 12.2 Å². The largest absolute Gasteiger partial charge is 0.491 e. The van der Waals surface area contributed by atoms with Gasteiger partial charge < -0.3 is 18.9 Å². The summed E-state index contributed by atoms with van der Waals surface area (Å²) in [4.78, 5) is 0. The zero-order chi connectivity index (χ0) is 22.5. The van der Waals surface area contributed by atoms with Gasteiger partial charge in [0, 0.05) is 26.1 Å². The average Bonchev–Trinajstić information content (AvgIpc) is 2.79. The van der Waals surface area contributed by atoms with Gasteiger partial charge in [-0.1, -0.05) is 37.6 Å². The summed E-state index contributed by atoms with van der Waals surface area (Å²) in [7, 11) is 0. The zero-order valence-corrected chi connectivity index (χ0v) is 19.8. The smallest absolute Gasteiger partial charge is 0.122 e. The summed E-state index contributed by atoms with van der Waals surface area (Å²) in [6.07, 6.45) is 10.8. The highest BCUT2D eigenvalue weighted by Crippen LogP contribution is 2.37. The number of hydrogen-bond acceptors (Lipinski definition) is 4. The second-order valence-electron chi connectivity index (χ2n) is 9.53. The molecule has 4 nitrogen and oxygen atoms in total. The standard InChI is InChI=1S/C29H36O4/c1-2-3-25-18-24(10-13-29(25)33-20-28-15-17-31-28)23-6-4-21(5-7-23)22-8-11-26(12-9-22)32-19-27-14-16-30-27/h6,8-13,18,21,27-28H,2-5,7,14-17,19-20H2,1H3. The molecule has 2 aromatic rings. The summed E-state index contributed by atoms with van der Waals surface area (Å²) in [5, 5.41) is 0. The second-order valence-corrected chi connectivity index (χ2v) is 9.53. The zero-order valence-electron chi connectivity index (χ0n) is 19.8. The lowest BCUT2D eigenvalue weighted by Gasteiger charge is -2.27. The van der Waals surface area contributed by atoms with Crippen LogP contribution < -0.4 is 9.47 Å². The van der Waals surface area contributed by atoms with Crippen molar-refractivity contribution in [2.24, 2.45) is 0 Å². The van der Waals surface area contributed by atoms with E-state index in [0.717, 1.165) is 63.2 Å². The van der Waals surface area contributed by atoms with Gasteiger partial charge >= 0.3 is 0 Å². The Balaban J connectivity index is 1.19. The minimum absolute atomic E-state index is 0.273. The van der Waals surface area contributed by atoms with Crippen LogP contribution in [0.1, 0.15) is 68.1 Å². The van der Waals surface area contributed by atoms with Crippen LogP contribution in [0, 0.1) is 0 Å². The van der Waals surface area contributed by atoms with E-state index in [4.69, 9.17) is 18.9 Å². The van der Waals surface area contributed by atoms with Crippen molar-refractivity contribution in [3.05, 3.63) is 65.2 Å². The summed E-state index contributed by atoms with van der Waals surface area (Å²) in [6, 6.07) is 15.4. The molecular formula is C29H36O4. The molecule has 0 saturated carbocycles. The maximum absolute atomic E-state index is 6.10. The Kier molecular flexibility index (Phi) is 7.33. The number of aryl methyl sites for hydroxylation is 1. The lowest BCUT2D eigenvalue weighted by molar-refractivity contribution is -0.0722. The Morgan fingerprint density at radius 1 is 0.879 bits per heavy atom. The Hall–Kier alpha value is -2.30. The van der Waals surface area contributed by atoms with Crippen molar-refractivity contribution in [3.63, 3.8) is 0 Å². The molecule has 2 aromatic carbocycles. The number of ether oxygens (including phenoxy) is 4. The third kappa shape index (κ3) is 5.62. The molecular weight excluding hydrogens is 412 g/mol. The highest BCUT2D eigenvalue weighted by Gasteiger charge is 2.21. The average molecular weight is 449 g/mol. The Morgan fingerprint density at radius 3 is 2.21 bits per heavy atom. The van der Waals surface area contributed by atoms with Gasteiger partial charge in [-0.2, -0.15) is 0 Å². The highest BCUT2D eigenvalue weighted by molar-refractivity contribution is 5.68. The normalized spacial score (nSPS) is 24.4. The van der Waals surface area contributed by atoms with Crippen molar-refractivity contribution in [2.75, 3.05) is 26.4 Å². The van der Waals surface area contributed by atoms with E-state index in [1.807, 2.05) is 0 Å². The van der Waals surface area contributed by atoms with Gasteiger partial charge in [0.15, 0.2) is 0 Å². The molecule has 5 rings (SSSR count). The van der Waals surface area contributed by atoms with Crippen molar-refractivity contribution in [1.29, 1.82) is 0 Å². The first-order valence-electron chi connectivity index (χ1n) is 12.7. The number of benzene rings is 2. The molecule has 1 aliphatic carbocycles. The summed E-state index contributed by atoms with van der Waals surface area (Å²) < 4.78 is 22.9. The summed E-state index contributed by atoms with van der Waals surface area (Å²) in [6.45, 7) is 5.30. The van der Waals surface area contributed by atoms with E-state index in [1.54, 1.807) is 0 Å². The lowest BCUT2D eigenvalue weighted by atomic mass is 9.82. The molecule has 0 aromatic heterocycles. The van der Waals surface area contributed by atoms with E-state index in [9.17, 15) is 0 Å². The number of allylic oxidation sites excluding steroid dienone is 2. The maximum Gasteiger partial charge on any atom is 0.122 e. The fraction of sp³-hybridized carbons (Fsp3) is 0.517. The molecule has 0 amide bonds. The second kappa shape index (κ2) is 10.8. The molecule has 2 aliphatic heterocycles. The van der Waals surface area contributed by atoms with Crippen LogP contribution in [0.25, 0.3) is 5.57 Å². The van der Waals surface area contributed by atoms with Crippen LogP contribution in [0.5, 0.6) is 11.5 Å². The summed E-state index contributed by atoms with van der Waals surface area (Å²) in [5.74, 6) is 2.55. The van der Waals surface area contributed by atoms with Gasteiger partial charge in [-0.25, -0.2) is 0 Å². The van der Waals surface area contributed by atoms with E-state index < -0.39 is 0 Å². The minimum Gasteiger partial charge on any atom is -0.491 e. The first-order valence-corrected chi connectivity index (χ1v) is 12.7. The van der Waals surface area contributed by atoms with Gasteiger partial charge in [-0.3, -0.25) is 0 Å². The molecule has 4 heteroatoms. The third-order valence-electron chi connectivity index (χ3n) is 7.16. The van der Waals surface area contributed by atoms with E-state index >= 15 is 0 Å². The van der Waals surface area contributed by atoms with Gasteiger partial charge in [-0.05, 0) is 78.1 Å². The quantitative estimate of drug-likeness (QED) is 0.426. The van der Waals surface area contributed by atoms with Crippen LogP contribution in [0.2, 0.25) is 0 Å². The van der Waals surface area contributed by atoms with Gasteiger partial charge in [0.2, 0.25) is 0 Å². The molecule has 2 saturated heterocycles. The van der Waals surface area contributed by atoms with E-state index in [-0.39, 0.29) is 12.2 Å². The van der Waals surface area contributed by atoms with Crippen LogP contribution in [0.3, 0.4) is 0 Å². The molecule has 0 spiro atoms. The molecule has 2 heterocycles. The third-order valence-corrected chi connectivity index (χ3v) is 7.16. The van der Waals surface area contributed by atoms with E-state index in [1.165, 1.54) is 28.7 Å². The van der Waals surface area contributed by atoms with Gasteiger partial charge in [-0.15, -0.1) is 0 Å². The van der Waals surface area contributed by atoms with Crippen molar-refractivity contribution < 1.29 is 18.9 Å². The summed E-state index contributed by atoms with van der Waals surface area (Å²) >= 11 is 0. The van der Waals surface area contributed by atoms with E-state index in [0.29, 0.717) is 19.1 Å². The molecule has 3 aliphatic rings. The first-order chi connectivity index (χ1) is 16.3. The Bertz CT molecular complexity index is 941. The molecule has 0 N–H and O–H groups in total. The SMILES string of the molecule is CCCc1cc(C2=CCC(c3ccc(OCC4CCO4)cc3)CC2)ccc1OCC1CCO1. The predicted molar refractivity (Wildman–Crippen MR) is 131 cm³/mol. The minimum atomic E-state index is 0.273. The molecule has 3 atom stereocenters. The van der Waals surface area contributed by atoms with Crippen LogP contribution in [-0.4, -0.2) is 38.6 Å². The topological polar surface area (TPSA) is 36.9 Å². The van der Waals surface area contributed by atoms with Gasteiger partial charge in [0.1, 0.15) is 24.7 Å². The Morgan fingerprint density at radius 2 is 1.61 bits per heavy atom. The lowest BCUT2D eigenvalue weighted by Crippen LogP contribution is -2.32. The Labute approximate surface area is 197 Å². The fourth-order valence-corrected chi connectivity index (χ4v) is 4.82. The predicted octanol–water partition coefficient (Wildman–Crippen LogP) is 6.33. The summed E-state index contributed by atoms with van der Waals surface area (Å²) in [5.41, 5.74) is 5.55. The first kappa shape index (κ1) is 22.5. The van der Waals surface area contributed by atoms with Crippen molar-refractivity contribution in [2.45, 2.75) is 70.0 Å². The molecule has 2 fully saturated rings. The van der Waals surface area contributed by atoms with Gasteiger partial charge in [0.25, 0.3) is 0 Å². The molecule has 3 unspecified atom stereocenters. The highest BCUT2D eigenvalue weighted by atomic mass is 16.6. The van der Waals surface area contributed by atoms with Crippen molar-refractivity contribution >= 4 is 5.57 Å². The van der Waals surface area contributed by atoms with Crippen molar-refractivity contribution in [1.82, 2.24) is 0 Å². The number of rotatable bonds is 10. The monoisotopic (exact) mass is 448 g/mol. The van der Waals surface area contributed by atoms with Crippen LogP contribution >= 0.6 is 0 Å².